The highest BCUT2D eigenvalue weighted by molar-refractivity contribution is 9.10. The standard InChI is InChI=1S/C19H13BrF4N2O3/c1-9(19(27)28-2)29-18-16(20)17(10-3-5-12(22)14(24)7-10)26(25-18)15-8-11(21)4-6-13(15)23/h3-9H,1-2H3. The fourth-order valence-corrected chi connectivity index (χ4v) is 3.12. The van der Waals surface area contributed by atoms with Gasteiger partial charge in [0.2, 0.25) is 5.88 Å². The van der Waals surface area contributed by atoms with Crippen molar-refractivity contribution in [1.82, 2.24) is 9.78 Å². The van der Waals surface area contributed by atoms with Gasteiger partial charge in [-0.3, -0.25) is 0 Å². The zero-order chi connectivity index (χ0) is 21.3. The maximum Gasteiger partial charge on any atom is 0.346 e. The molecule has 0 aliphatic rings. The third-order valence-corrected chi connectivity index (χ3v) is 4.66. The summed E-state index contributed by atoms with van der Waals surface area (Å²) in [4.78, 5) is 11.6. The average molecular weight is 473 g/mol. The molecule has 1 atom stereocenters. The van der Waals surface area contributed by atoms with Crippen molar-refractivity contribution in [2.45, 2.75) is 13.0 Å². The second-order valence-corrected chi connectivity index (χ2v) is 6.68. The van der Waals surface area contributed by atoms with Crippen molar-refractivity contribution >= 4 is 21.9 Å². The normalized spacial score (nSPS) is 12.0. The van der Waals surface area contributed by atoms with Gasteiger partial charge in [0, 0.05) is 11.6 Å². The molecule has 0 aliphatic heterocycles. The first-order chi connectivity index (χ1) is 13.7. The second kappa shape index (κ2) is 8.24. The summed E-state index contributed by atoms with van der Waals surface area (Å²) in [6.45, 7) is 1.40. The van der Waals surface area contributed by atoms with Crippen molar-refractivity contribution in [1.29, 1.82) is 0 Å². The Balaban J connectivity index is 2.22. The summed E-state index contributed by atoms with van der Waals surface area (Å²) in [5.74, 6) is -4.65. The van der Waals surface area contributed by atoms with Crippen LogP contribution in [0.2, 0.25) is 0 Å². The zero-order valence-electron chi connectivity index (χ0n) is 15.1. The summed E-state index contributed by atoms with van der Waals surface area (Å²) in [6.07, 6.45) is -1.07. The number of rotatable bonds is 5. The lowest BCUT2D eigenvalue weighted by Crippen LogP contribution is -2.25. The van der Waals surface area contributed by atoms with Crippen LogP contribution in [0.5, 0.6) is 5.88 Å². The van der Waals surface area contributed by atoms with Crippen LogP contribution in [-0.4, -0.2) is 29.0 Å². The number of esters is 1. The molecular weight excluding hydrogens is 460 g/mol. The first-order valence-corrected chi connectivity index (χ1v) is 8.96. The van der Waals surface area contributed by atoms with Crippen LogP contribution in [0.4, 0.5) is 17.6 Å². The number of halogens is 5. The molecule has 10 heteroatoms. The van der Waals surface area contributed by atoms with Crippen LogP contribution in [0.15, 0.2) is 40.9 Å². The van der Waals surface area contributed by atoms with E-state index in [1.807, 2.05) is 0 Å². The fourth-order valence-electron chi connectivity index (χ4n) is 2.55. The summed E-state index contributed by atoms with van der Waals surface area (Å²) in [5, 5.41) is 4.08. The van der Waals surface area contributed by atoms with E-state index in [0.29, 0.717) is 0 Å². The number of nitrogens with zero attached hydrogens (tertiary/aromatic N) is 2. The molecular formula is C19H13BrF4N2O3. The molecule has 1 heterocycles. The van der Waals surface area contributed by atoms with Gasteiger partial charge in [-0.2, -0.15) is 0 Å². The minimum absolute atomic E-state index is 0.0560. The number of benzene rings is 2. The van der Waals surface area contributed by atoms with E-state index in [9.17, 15) is 22.4 Å². The zero-order valence-corrected chi connectivity index (χ0v) is 16.6. The molecule has 0 spiro atoms. The first-order valence-electron chi connectivity index (χ1n) is 8.16. The maximum atomic E-state index is 14.4. The molecule has 0 aliphatic carbocycles. The molecule has 0 radical (unpaired) electrons. The lowest BCUT2D eigenvalue weighted by atomic mass is 10.1. The number of carbonyl (C=O) groups is 1. The predicted molar refractivity (Wildman–Crippen MR) is 98.6 cm³/mol. The van der Waals surface area contributed by atoms with E-state index in [2.05, 4.69) is 25.8 Å². The summed E-state index contributed by atoms with van der Waals surface area (Å²) in [7, 11) is 1.17. The number of aromatic nitrogens is 2. The molecule has 3 aromatic rings. The van der Waals surface area contributed by atoms with E-state index < -0.39 is 35.3 Å². The van der Waals surface area contributed by atoms with Crippen molar-refractivity contribution in [3.63, 3.8) is 0 Å². The van der Waals surface area contributed by atoms with Crippen LogP contribution in [0.25, 0.3) is 16.9 Å². The van der Waals surface area contributed by atoms with E-state index in [1.165, 1.54) is 20.1 Å². The average Bonchev–Trinajstić information content (AvgIpc) is 3.01. The number of methoxy groups -OCH3 is 1. The molecule has 2 aromatic carbocycles. The topological polar surface area (TPSA) is 53.4 Å². The van der Waals surface area contributed by atoms with Crippen molar-refractivity contribution in [3.8, 4) is 22.8 Å². The van der Waals surface area contributed by atoms with E-state index in [4.69, 9.17) is 4.74 Å². The Labute approximate surface area is 171 Å². The van der Waals surface area contributed by atoms with Crippen molar-refractivity contribution < 1.29 is 31.8 Å². The molecule has 0 fully saturated rings. The SMILES string of the molecule is COC(=O)C(C)Oc1nn(-c2cc(F)ccc2F)c(-c2ccc(F)c(F)c2)c1Br. The quantitative estimate of drug-likeness (QED) is 0.395. The lowest BCUT2D eigenvalue weighted by molar-refractivity contribution is -0.148. The molecule has 3 rings (SSSR count). The molecule has 29 heavy (non-hydrogen) atoms. The summed E-state index contributed by atoms with van der Waals surface area (Å²) < 4.78 is 66.4. The molecule has 1 unspecified atom stereocenters. The van der Waals surface area contributed by atoms with Crippen LogP contribution >= 0.6 is 15.9 Å². The Morgan fingerprint density at radius 3 is 2.41 bits per heavy atom. The van der Waals surface area contributed by atoms with Crippen LogP contribution in [0.1, 0.15) is 6.92 Å². The second-order valence-electron chi connectivity index (χ2n) is 5.89. The van der Waals surface area contributed by atoms with Gasteiger partial charge in [-0.1, -0.05) is 0 Å². The monoisotopic (exact) mass is 472 g/mol. The van der Waals surface area contributed by atoms with E-state index in [0.717, 1.165) is 35.0 Å². The molecule has 0 saturated heterocycles. The number of carbonyl (C=O) groups excluding carboxylic acids is 1. The summed E-state index contributed by atoms with van der Waals surface area (Å²) >= 11 is 3.23. The highest BCUT2D eigenvalue weighted by Crippen LogP contribution is 2.38. The van der Waals surface area contributed by atoms with E-state index in [-0.39, 0.29) is 27.3 Å². The van der Waals surface area contributed by atoms with E-state index >= 15 is 0 Å². The Morgan fingerprint density at radius 1 is 1.07 bits per heavy atom. The maximum absolute atomic E-state index is 14.4. The van der Waals surface area contributed by atoms with Gasteiger partial charge in [-0.25, -0.2) is 27.0 Å². The van der Waals surface area contributed by atoms with Crippen molar-refractivity contribution in [2.75, 3.05) is 7.11 Å². The number of hydrogen-bond donors (Lipinski definition) is 0. The van der Waals surface area contributed by atoms with Gasteiger partial charge in [0.05, 0.1) is 12.8 Å². The number of ether oxygens (including phenoxy) is 2. The van der Waals surface area contributed by atoms with Gasteiger partial charge in [0.1, 0.15) is 21.8 Å². The third kappa shape index (κ3) is 4.12. The number of hydrogen-bond acceptors (Lipinski definition) is 4. The Morgan fingerprint density at radius 2 is 1.76 bits per heavy atom. The van der Waals surface area contributed by atoms with Crippen molar-refractivity contribution in [2.24, 2.45) is 0 Å². The van der Waals surface area contributed by atoms with Gasteiger partial charge < -0.3 is 9.47 Å². The minimum atomic E-state index is -1.15. The van der Waals surface area contributed by atoms with Gasteiger partial charge in [-0.05, 0) is 53.2 Å². The molecule has 1 aromatic heterocycles. The molecule has 0 amide bonds. The predicted octanol–water partition coefficient (Wildman–Crippen LogP) is 4.80. The molecule has 152 valence electrons. The molecule has 5 nitrogen and oxygen atoms in total. The largest absolute Gasteiger partial charge is 0.466 e. The first kappa shape index (κ1) is 20.8. The third-order valence-electron chi connectivity index (χ3n) is 3.95. The van der Waals surface area contributed by atoms with Gasteiger partial charge in [0.15, 0.2) is 17.7 Å². The molecule has 0 N–H and O–H groups in total. The summed E-state index contributed by atoms with van der Waals surface area (Å²) in [6, 6.07) is 5.69. The Kier molecular flexibility index (Phi) is 5.92. The van der Waals surface area contributed by atoms with Crippen LogP contribution in [-0.2, 0) is 9.53 Å². The van der Waals surface area contributed by atoms with Crippen molar-refractivity contribution in [3.05, 3.63) is 64.1 Å². The van der Waals surface area contributed by atoms with Crippen LogP contribution in [0.3, 0.4) is 0 Å². The van der Waals surface area contributed by atoms with Gasteiger partial charge in [-0.15, -0.1) is 5.10 Å². The smallest absolute Gasteiger partial charge is 0.346 e. The molecule has 0 bridgehead atoms. The Bertz CT molecular complexity index is 1090. The van der Waals surface area contributed by atoms with E-state index in [1.54, 1.807) is 0 Å². The van der Waals surface area contributed by atoms with Gasteiger partial charge >= 0.3 is 5.97 Å². The highest BCUT2D eigenvalue weighted by atomic mass is 79.9. The molecule has 0 saturated carbocycles. The highest BCUT2D eigenvalue weighted by Gasteiger charge is 2.26. The lowest BCUT2D eigenvalue weighted by Gasteiger charge is -2.10. The fraction of sp³-hybridized carbons (Fsp3) is 0.158. The van der Waals surface area contributed by atoms with Crippen LogP contribution in [0, 0.1) is 23.3 Å². The minimum Gasteiger partial charge on any atom is -0.466 e. The van der Waals surface area contributed by atoms with Gasteiger partial charge in [0.25, 0.3) is 0 Å². The van der Waals surface area contributed by atoms with Crippen LogP contribution < -0.4 is 4.74 Å². The Hall–Kier alpha value is -2.88. The summed E-state index contributed by atoms with van der Waals surface area (Å²) in [5.41, 5.74) is -0.140.